The molecular formula is C12H13BrN2O2. The van der Waals surface area contributed by atoms with E-state index in [4.69, 9.17) is 0 Å². The summed E-state index contributed by atoms with van der Waals surface area (Å²) in [5, 5.41) is 9.40. The zero-order valence-electron chi connectivity index (χ0n) is 9.30. The van der Waals surface area contributed by atoms with E-state index in [2.05, 4.69) is 9.97 Å². The predicted octanol–water partition coefficient (Wildman–Crippen LogP) is 2.28. The second-order valence-electron chi connectivity index (χ2n) is 3.47. The van der Waals surface area contributed by atoms with Gasteiger partial charge >= 0.3 is 5.69 Å². The molecule has 0 unspecified atom stereocenters. The molecule has 90 valence electrons. The number of nitrogens with zero attached hydrogens (tertiary/aromatic N) is 1. The van der Waals surface area contributed by atoms with Crippen molar-refractivity contribution < 1.29 is 5.11 Å². The van der Waals surface area contributed by atoms with Crippen molar-refractivity contribution in [1.82, 2.24) is 9.97 Å². The molecule has 4 nitrogen and oxygen atoms in total. The Balaban J connectivity index is 0.00000144. The van der Waals surface area contributed by atoms with Crippen LogP contribution in [0.4, 0.5) is 0 Å². The molecule has 0 spiro atoms. The van der Waals surface area contributed by atoms with E-state index in [1.807, 2.05) is 13.0 Å². The average molecular weight is 297 g/mol. The highest BCUT2D eigenvalue weighted by Crippen LogP contribution is 2.24. The maximum absolute atomic E-state index is 11.1. The molecule has 0 atom stereocenters. The first-order valence-electron chi connectivity index (χ1n) is 5.08. The Morgan fingerprint density at radius 2 is 2.18 bits per heavy atom. The largest absolute Gasteiger partial charge is 0.508 e. The summed E-state index contributed by atoms with van der Waals surface area (Å²) < 4.78 is 0. The zero-order chi connectivity index (χ0) is 11.5. The molecule has 0 bridgehead atoms. The Bertz CT molecular complexity index is 566. The molecule has 1 aromatic carbocycles. The van der Waals surface area contributed by atoms with Gasteiger partial charge < -0.3 is 10.1 Å². The van der Waals surface area contributed by atoms with Crippen LogP contribution in [0.1, 0.15) is 12.6 Å². The Morgan fingerprint density at radius 3 is 2.82 bits per heavy atom. The van der Waals surface area contributed by atoms with Gasteiger partial charge in [-0.3, -0.25) is 0 Å². The molecule has 0 aliphatic rings. The molecule has 1 aromatic heterocycles. The van der Waals surface area contributed by atoms with Crippen LogP contribution in [-0.2, 0) is 6.42 Å². The minimum Gasteiger partial charge on any atom is -0.508 e. The van der Waals surface area contributed by atoms with E-state index in [1.54, 1.807) is 24.4 Å². The lowest BCUT2D eigenvalue weighted by Crippen LogP contribution is -2.12. The standard InChI is InChI=1S/C12H12N2O2.BrH/c1-2-11-10(7-13-12(16)14-11)8-4-3-5-9(15)6-8;/h3-7,15H,2H2,1H3,(H,13,14,16);1H. The number of aromatic hydroxyl groups is 1. The van der Waals surface area contributed by atoms with E-state index >= 15 is 0 Å². The van der Waals surface area contributed by atoms with Crippen molar-refractivity contribution in [1.29, 1.82) is 0 Å². The number of phenols is 1. The number of phenolic OH excluding ortho intramolecular Hbond substituents is 1. The van der Waals surface area contributed by atoms with E-state index in [9.17, 15) is 9.90 Å². The van der Waals surface area contributed by atoms with Crippen molar-refractivity contribution in [3.63, 3.8) is 0 Å². The minimum absolute atomic E-state index is 0. The fraction of sp³-hybridized carbons (Fsp3) is 0.167. The second-order valence-corrected chi connectivity index (χ2v) is 3.47. The molecule has 0 radical (unpaired) electrons. The van der Waals surface area contributed by atoms with E-state index in [1.165, 1.54) is 0 Å². The van der Waals surface area contributed by atoms with Crippen LogP contribution in [0.25, 0.3) is 11.1 Å². The Kier molecular flexibility index (Phi) is 4.45. The van der Waals surface area contributed by atoms with Gasteiger partial charge in [0, 0.05) is 11.8 Å². The van der Waals surface area contributed by atoms with Crippen molar-refractivity contribution in [2.24, 2.45) is 0 Å². The monoisotopic (exact) mass is 296 g/mol. The first-order chi connectivity index (χ1) is 7.70. The lowest BCUT2D eigenvalue weighted by Gasteiger charge is -2.06. The molecule has 2 rings (SSSR count). The second kappa shape index (κ2) is 5.63. The molecular weight excluding hydrogens is 284 g/mol. The molecule has 1 heterocycles. The number of H-pyrrole nitrogens is 1. The SMILES string of the molecule is Br.CCc1nc(=O)[nH]cc1-c1cccc(O)c1. The normalized spacial score (nSPS) is 9.71. The van der Waals surface area contributed by atoms with Gasteiger partial charge in [-0.2, -0.15) is 4.98 Å². The summed E-state index contributed by atoms with van der Waals surface area (Å²) in [4.78, 5) is 17.5. The third-order valence-corrected chi connectivity index (χ3v) is 2.38. The number of hydrogen-bond acceptors (Lipinski definition) is 3. The van der Waals surface area contributed by atoms with Crippen LogP contribution < -0.4 is 5.69 Å². The topological polar surface area (TPSA) is 66.0 Å². The fourth-order valence-electron chi connectivity index (χ4n) is 1.63. The molecule has 0 saturated carbocycles. The summed E-state index contributed by atoms with van der Waals surface area (Å²) in [6.07, 6.45) is 2.30. The quantitative estimate of drug-likeness (QED) is 0.893. The number of aryl methyl sites for hydroxylation is 1. The van der Waals surface area contributed by atoms with Crippen LogP contribution in [-0.4, -0.2) is 15.1 Å². The molecule has 0 aliphatic heterocycles. The molecule has 0 saturated heterocycles. The van der Waals surface area contributed by atoms with Crippen molar-refractivity contribution in [3.8, 4) is 16.9 Å². The van der Waals surface area contributed by atoms with Gasteiger partial charge in [-0.05, 0) is 24.1 Å². The highest BCUT2D eigenvalue weighted by molar-refractivity contribution is 8.93. The molecule has 0 aliphatic carbocycles. The summed E-state index contributed by atoms with van der Waals surface area (Å²) in [6.45, 7) is 1.94. The molecule has 0 amide bonds. The summed E-state index contributed by atoms with van der Waals surface area (Å²) >= 11 is 0. The molecule has 5 heteroatoms. The van der Waals surface area contributed by atoms with Gasteiger partial charge in [0.25, 0.3) is 0 Å². The van der Waals surface area contributed by atoms with Gasteiger partial charge in [0.1, 0.15) is 5.75 Å². The maximum atomic E-state index is 11.1. The molecule has 17 heavy (non-hydrogen) atoms. The smallest absolute Gasteiger partial charge is 0.345 e. The van der Waals surface area contributed by atoms with Gasteiger partial charge in [0.15, 0.2) is 0 Å². The zero-order valence-corrected chi connectivity index (χ0v) is 11.0. The molecule has 2 N–H and O–H groups in total. The number of hydrogen-bond donors (Lipinski definition) is 2. The molecule has 2 aromatic rings. The number of halogens is 1. The Hall–Kier alpha value is -1.62. The number of aromatic nitrogens is 2. The Morgan fingerprint density at radius 1 is 1.41 bits per heavy atom. The van der Waals surface area contributed by atoms with Crippen LogP contribution in [0.2, 0.25) is 0 Å². The van der Waals surface area contributed by atoms with Gasteiger partial charge in [0.2, 0.25) is 0 Å². The van der Waals surface area contributed by atoms with E-state index in [0.29, 0.717) is 6.42 Å². The first kappa shape index (κ1) is 13.4. The van der Waals surface area contributed by atoms with E-state index in [0.717, 1.165) is 16.8 Å². The highest BCUT2D eigenvalue weighted by atomic mass is 79.9. The van der Waals surface area contributed by atoms with Crippen LogP contribution in [0, 0.1) is 0 Å². The van der Waals surface area contributed by atoms with Gasteiger partial charge in [0.05, 0.1) is 5.69 Å². The van der Waals surface area contributed by atoms with Crippen LogP contribution in [0.3, 0.4) is 0 Å². The van der Waals surface area contributed by atoms with Crippen LogP contribution in [0.5, 0.6) is 5.75 Å². The van der Waals surface area contributed by atoms with Crippen molar-refractivity contribution in [3.05, 3.63) is 46.6 Å². The fourth-order valence-corrected chi connectivity index (χ4v) is 1.63. The minimum atomic E-state index is -0.347. The lowest BCUT2D eigenvalue weighted by atomic mass is 10.0. The maximum Gasteiger partial charge on any atom is 0.345 e. The predicted molar refractivity (Wildman–Crippen MR) is 71.7 cm³/mol. The summed E-state index contributed by atoms with van der Waals surface area (Å²) in [5.41, 5.74) is 2.08. The average Bonchev–Trinajstić information content (AvgIpc) is 2.28. The lowest BCUT2D eigenvalue weighted by molar-refractivity contribution is 0.475. The number of rotatable bonds is 2. The highest BCUT2D eigenvalue weighted by Gasteiger charge is 2.06. The summed E-state index contributed by atoms with van der Waals surface area (Å²) in [7, 11) is 0. The first-order valence-corrected chi connectivity index (χ1v) is 5.08. The molecule has 0 fully saturated rings. The van der Waals surface area contributed by atoms with E-state index < -0.39 is 0 Å². The van der Waals surface area contributed by atoms with Crippen molar-refractivity contribution >= 4 is 17.0 Å². The van der Waals surface area contributed by atoms with Crippen LogP contribution in [0.15, 0.2) is 35.3 Å². The third-order valence-electron chi connectivity index (χ3n) is 2.38. The van der Waals surface area contributed by atoms with Crippen LogP contribution >= 0.6 is 17.0 Å². The third kappa shape index (κ3) is 2.94. The summed E-state index contributed by atoms with van der Waals surface area (Å²) in [6, 6.07) is 6.88. The van der Waals surface area contributed by atoms with Gasteiger partial charge in [-0.15, -0.1) is 17.0 Å². The van der Waals surface area contributed by atoms with E-state index in [-0.39, 0.29) is 28.4 Å². The van der Waals surface area contributed by atoms with Gasteiger partial charge in [-0.25, -0.2) is 4.79 Å². The number of benzene rings is 1. The van der Waals surface area contributed by atoms with Gasteiger partial charge in [-0.1, -0.05) is 19.1 Å². The number of aromatic amines is 1. The van der Waals surface area contributed by atoms with Crippen molar-refractivity contribution in [2.75, 3.05) is 0 Å². The number of nitrogens with one attached hydrogen (secondary N) is 1. The summed E-state index contributed by atoms with van der Waals surface area (Å²) in [5.74, 6) is 0.200. The Labute approximate surface area is 109 Å². The van der Waals surface area contributed by atoms with Crippen molar-refractivity contribution in [2.45, 2.75) is 13.3 Å².